The Kier molecular flexibility index (Phi) is 4.14. The minimum absolute atomic E-state index is 0.132. The van der Waals surface area contributed by atoms with E-state index in [0.29, 0.717) is 0 Å². The zero-order valence-corrected chi connectivity index (χ0v) is 9.40. The molecule has 0 radical (unpaired) electrons. The molecule has 0 amide bonds. The maximum atomic E-state index is 6.13. The summed E-state index contributed by atoms with van der Waals surface area (Å²) in [5, 5.41) is 4.13. The fourth-order valence-electron chi connectivity index (χ4n) is 1.85. The summed E-state index contributed by atoms with van der Waals surface area (Å²) in [5.74, 6) is 0.736. The van der Waals surface area contributed by atoms with E-state index >= 15 is 0 Å². The van der Waals surface area contributed by atoms with Crippen LogP contribution in [0, 0.1) is 5.92 Å². The molecule has 1 atom stereocenters. The average Bonchev–Trinajstić information content (AvgIpc) is 2.60. The van der Waals surface area contributed by atoms with Crippen molar-refractivity contribution in [1.82, 2.24) is 9.78 Å². The molecular formula is C11H21N3. The van der Waals surface area contributed by atoms with E-state index in [9.17, 15) is 0 Å². The first kappa shape index (κ1) is 11.2. The summed E-state index contributed by atoms with van der Waals surface area (Å²) in [7, 11) is 1.95. The maximum Gasteiger partial charge on any atom is 0.0548 e. The van der Waals surface area contributed by atoms with E-state index in [1.165, 1.54) is 12.8 Å². The number of aryl methyl sites for hydroxylation is 1. The summed E-state index contributed by atoms with van der Waals surface area (Å²) in [4.78, 5) is 0. The summed E-state index contributed by atoms with van der Waals surface area (Å²) in [6.07, 6.45) is 5.29. The van der Waals surface area contributed by atoms with Gasteiger partial charge in [-0.05, 0) is 18.4 Å². The number of nitrogens with zero attached hydrogens (tertiary/aromatic N) is 2. The SMILES string of the molecule is CCC(CC)CC(N)c1ccnn1C. The van der Waals surface area contributed by atoms with Gasteiger partial charge in [-0.3, -0.25) is 4.68 Å². The van der Waals surface area contributed by atoms with Crippen LogP contribution in [0.2, 0.25) is 0 Å². The van der Waals surface area contributed by atoms with Crippen LogP contribution in [0.25, 0.3) is 0 Å². The summed E-state index contributed by atoms with van der Waals surface area (Å²) in [6, 6.07) is 2.14. The monoisotopic (exact) mass is 195 g/mol. The Bertz CT molecular complexity index is 263. The molecule has 1 rings (SSSR count). The first-order chi connectivity index (χ1) is 6.69. The summed E-state index contributed by atoms with van der Waals surface area (Å²) < 4.78 is 1.87. The second-order valence-corrected chi connectivity index (χ2v) is 3.90. The topological polar surface area (TPSA) is 43.8 Å². The van der Waals surface area contributed by atoms with Gasteiger partial charge in [0.25, 0.3) is 0 Å². The second kappa shape index (κ2) is 5.15. The third-order valence-electron chi connectivity index (χ3n) is 2.98. The summed E-state index contributed by atoms with van der Waals surface area (Å²) >= 11 is 0. The molecule has 0 saturated heterocycles. The smallest absolute Gasteiger partial charge is 0.0548 e. The molecule has 0 aliphatic carbocycles. The Balaban J connectivity index is 2.58. The van der Waals surface area contributed by atoms with Crippen molar-refractivity contribution in [3.05, 3.63) is 18.0 Å². The highest BCUT2D eigenvalue weighted by Gasteiger charge is 2.14. The van der Waals surface area contributed by atoms with E-state index in [1.54, 1.807) is 0 Å². The van der Waals surface area contributed by atoms with Crippen LogP contribution in [-0.4, -0.2) is 9.78 Å². The molecule has 0 aliphatic heterocycles. The highest BCUT2D eigenvalue weighted by Crippen LogP contribution is 2.22. The predicted molar refractivity (Wildman–Crippen MR) is 58.8 cm³/mol. The van der Waals surface area contributed by atoms with Gasteiger partial charge in [-0.15, -0.1) is 0 Å². The number of hydrogen-bond acceptors (Lipinski definition) is 2. The van der Waals surface area contributed by atoms with Crippen molar-refractivity contribution in [2.24, 2.45) is 18.7 Å². The van der Waals surface area contributed by atoms with E-state index in [1.807, 2.05) is 24.0 Å². The van der Waals surface area contributed by atoms with Gasteiger partial charge in [0.15, 0.2) is 0 Å². The van der Waals surface area contributed by atoms with Crippen molar-refractivity contribution < 1.29 is 0 Å². The summed E-state index contributed by atoms with van der Waals surface area (Å²) in [6.45, 7) is 4.45. The third-order valence-corrected chi connectivity index (χ3v) is 2.98. The van der Waals surface area contributed by atoms with Crippen LogP contribution in [0.15, 0.2) is 12.3 Å². The average molecular weight is 195 g/mol. The quantitative estimate of drug-likeness (QED) is 0.783. The molecule has 0 aliphatic rings. The van der Waals surface area contributed by atoms with Gasteiger partial charge < -0.3 is 5.73 Å². The summed E-state index contributed by atoms with van der Waals surface area (Å²) in [5.41, 5.74) is 7.27. The molecule has 2 N–H and O–H groups in total. The van der Waals surface area contributed by atoms with E-state index in [2.05, 4.69) is 18.9 Å². The minimum Gasteiger partial charge on any atom is -0.323 e. The molecule has 0 spiro atoms. The molecule has 1 unspecified atom stereocenters. The molecule has 3 heteroatoms. The molecule has 0 aromatic carbocycles. The molecule has 14 heavy (non-hydrogen) atoms. The van der Waals surface area contributed by atoms with Crippen LogP contribution in [-0.2, 0) is 7.05 Å². The Labute approximate surface area is 86.3 Å². The van der Waals surface area contributed by atoms with Crippen LogP contribution >= 0.6 is 0 Å². The van der Waals surface area contributed by atoms with Crippen LogP contribution in [0.5, 0.6) is 0 Å². The minimum atomic E-state index is 0.132. The molecule has 0 fully saturated rings. The Morgan fingerprint density at radius 3 is 2.50 bits per heavy atom. The van der Waals surface area contributed by atoms with Crippen LogP contribution in [0.1, 0.15) is 44.8 Å². The van der Waals surface area contributed by atoms with Crippen molar-refractivity contribution in [2.75, 3.05) is 0 Å². The van der Waals surface area contributed by atoms with Gasteiger partial charge >= 0.3 is 0 Å². The molecule has 3 nitrogen and oxygen atoms in total. The lowest BCUT2D eigenvalue weighted by Gasteiger charge is -2.18. The third kappa shape index (κ3) is 2.58. The molecule has 0 saturated carbocycles. The Hall–Kier alpha value is -0.830. The van der Waals surface area contributed by atoms with E-state index in [-0.39, 0.29) is 6.04 Å². The number of aromatic nitrogens is 2. The van der Waals surface area contributed by atoms with Crippen molar-refractivity contribution in [3.63, 3.8) is 0 Å². The molecule has 80 valence electrons. The van der Waals surface area contributed by atoms with Crippen molar-refractivity contribution in [3.8, 4) is 0 Å². The molecular weight excluding hydrogens is 174 g/mol. The van der Waals surface area contributed by atoms with Gasteiger partial charge in [0.2, 0.25) is 0 Å². The van der Waals surface area contributed by atoms with Crippen molar-refractivity contribution in [2.45, 2.75) is 39.2 Å². The van der Waals surface area contributed by atoms with Gasteiger partial charge in [0, 0.05) is 19.3 Å². The second-order valence-electron chi connectivity index (χ2n) is 3.90. The fourth-order valence-corrected chi connectivity index (χ4v) is 1.85. The highest BCUT2D eigenvalue weighted by molar-refractivity contribution is 5.05. The molecule has 1 heterocycles. The first-order valence-corrected chi connectivity index (χ1v) is 5.42. The zero-order valence-electron chi connectivity index (χ0n) is 9.40. The molecule has 1 aromatic heterocycles. The molecule has 0 bridgehead atoms. The fraction of sp³-hybridized carbons (Fsp3) is 0.727. The highest BCUT2D eigenvalue weighted by atomic mass is 15.3. The van der Waals surface area contributed by atoms with Gasteiger partial charge in [0.05, 0.1) is 5.69 Å². The lowest BCUT2D eigenvalue weighted by molar-refractivity contribution is 0.404. The van der Waals surface area contributed by atoms with Gasteiger partial charge in [0.1, 0.15) is 0 Å². The van der Waals surface area contributed by atoms with Gasteiger partial charge in [-0.2, -0.15) is 5.10 Å². The van der Waals surface area contributed by atoms with Crippen LogP contribution in [0.3, 0.4) is 0 Å². The lowest BCUT2D eigenvalue weighted by Crippen LogP contribution is -2.18. The molecule has 1 aromatic rings. The van der Waals surface area contributed by atoms with Crippen molar-refractivity contribution in [1.29, 1.82) is 0 Å². The van der Waals surface area contributed by atoms with E-state index in [4.69, 9.17) is 5.73 Å². The van der Waals surface area contributed by atoms with Crippen LogP contribution < -0.4 is 5.73 Å². The van der Waals surface area contributed by atoms with E-state index in [0.717, 1.165) is 18.0 Å². The predicted octanol–water partition coefficient (Wildman–Crippen LogP) is 2.25. The van der Waals surface area contributed by atoms with Crippen LogP contribution in [0.4, 0.5) is 0 Å². The number of hydrogen-bond donors (Lipinski definition) is 1. The Morgan fingerprint density at radius 1 is 1.43 bits per heavy atom. The number of rotatable bonds is 5. The largest absolute Gasteiger partial charge is 0.323 e. The van der Waals surface area contributed by atoms with Crippen molar-refractivity contribution >= 4 is 0 Å². The first-order valence-electron chi connectivity index (χ1n) is 5.42. The zero-order chi connectivity index (χ0) is 10.6. The van der Waals surface area contributed by atoms with E-state index < -0.39 is 0 Å². The number of nitrogens with two attached hydrogens (primary N) is 1. The van der Waals surface area contributed by atoms with Gasteiger partial charge in [-0.1, -0.05) is 26.7 Å². The standard InChI is InChI=1S/C11H21N3/c1-4-9(5-2)8-10(12)11-6-7-13-14(11)3/h6-7,9-10H,4-5,8,12H2,1-3H3. The Morgan fingerprint density at radius 2 is 2.07 bits per heavy atom. The van der Waals surface area contributed by atoms with Gasteiger partial charge in [-0.25, -0.2) is 0 Å². The lowest BCUT2D eigenvalue weighted by atomic mass is 9.94. The normalized spacial score (nSPS) is 13.5. The maximum absolute atomic E-state index is 6.13.